The SMILES string of the molecule is Cl.O=C(NCC(N1CCNCC1)C(F)(F)F)c1ccc(F)cc1. The average Bonchev–Trinajstić information content (AvgIpc) is 2.47. The van der Waals surface area contributed by atoms with Crippen molar-refractivity contribution in [1.82, 2.24) is 15.5 Å². The lowest BCUT2D eigenvalue weighted by atomic mass is 10.1. The van der Waals surface area contributed by atoms with Gasteiger partial charge in [0.05, 0.1) is 0 Å². The summed E-state index contributed by atoms with van der Waals surface area (Å²) >= 11 is 0. The Bertz CT molecular complexity index is 504. The Morgan fingerprint density at radius 2 is 1.78 bits per heavy atom. The van der Waals surface area contributed by atoms with E-state index < -0.39 is 30.5 Å². The topological polar surface area (TPSA) is 44.4 Å². The molecule has 1 aromatic rings. The van der Waals surface area contributed by atoms with E-state index in [-0.39, 0.29) is 31.1 Å². The molecule has 1 fully saturated rings. The van der Waals surface area contributed by atoms with Crippen LogP contribution < -0.4 is 10.6 Å². The van der Waals surface area contributed by atoms with E-state index in [0.717, 1.165) is 12.1 Å². The third-order valence-corrected chi connectivity index (χ3v) is 3.53. The van der Waals surface area contributed by atoms with Crippen LogP contribution in [0.1, 0.15) is 10.4 Å². The van der Waals surface area contributed by atoms with Crippen LogP contribution in [0.2, 0.25) is 0 Å². The quantitative estimate of drug-likeness (QED) is 0.810. The van der Waals surface area contributed by atoms with Crippen molar-refractivity contribution in [3.05, 3.63) is 35.6 Å². The molecule has 4 nitrogen and oxygen atoms in total. The van der Waals surface area contributed by atoms with Crippen LogP contribution in [0.25, 0.3) is 0 Å². The molecule has 0 aliphatic carbocycles. The molecule has 2 rings (SSSR count). The molecule has 1 heterocycles. The number of amides is 1. The first-order valence-electron chi connectivity index (χ1n) is 6.93. The highest BCUT2D eigenvalue weighted by Gasteiger charge is 2.43. The fourth-order valence-corrected chi connectivity index (χ4v) is 2.34. The van der Waals surface area contributed by atoms with E-state index >= 15 is 0 Å². The van der Waals surface area contributed by atoms with Gasteiger partial charge in [0.15, 0.2) is 0 Å². The molecule has 0 radical (unpaired) electrons. The number of halogens is 5. The molecule has 130 valence electrons. The highest BCUT2D eigenvalue weighted by molar-refractivity contribution is 5.94. The highest BCUT2D eigenvalue weighted by atomic mass is 35.5. The Morgan fingerprint density at radius 1 is 1.22 bits per heavy atom. The second-order valence-corrected chi connectivity index (χ2v) is 5.06. The third kappa shape index (κ3) is 5.63. The Labute approximate surface area is 137 Å². The van der Waals surface area contributed by atoms with Crippen LogP contribution in [0.5, 0.6) is 0 Å². The zero-order valence-corrected chi connectivity index (χ0v) is 13.0. The van der Waals surface area contributed by atoms with Gasteiger partial charge < -0.3 is 10.6 Å². The molecule has 1 aliphatic heterocycles. The summed E-state index contributed by atoms with van der Waals surface area (Å²) in [5.74, 6) is -1.16. The molecule has 0 spiro atoms. The first-order valence-corrected chi connectivity index (χ1v) is 6.93. The molecule has 1 aromatic carbocycles. The molecule has 1 aliphatic rings. The number of hydrogen-bond donors (Lipinski definition) is 2. The van der Waals surface area contributed by atoms with Gasteiger partial charge in [0, 0.05) is 38.3 Å². The van der Waals surface area contributed by atoms with Gasteiger partial charge in [-0.15, -0.1) is 12.4 Å². The summed E-state index contributed by atoms with van der Waals surface area (Å²) in [6.45, 7) is 0.990. The zero-order valence-electron chi connectivity index (χ0n) is 12.2. The van der Waals surface area contributed by atoms with Gasteiger partial charge in [0.2, 0.25) is 0 Å². The van der Waals surface area contributed by atoms with Crippen LogP contribution in [0.15, 0.2) is 24.3 Å². The van der Waals surface area contributed by atoms with E-state index in [1.54, 1.807) is 0 Å². The summed E-state index contributed by atoms with van der Waals surface area (Å²) in [7, 11) is 0. The number of carbonyl (C=O) groups is 1. The number of alkyl halides is 3. The standard InChI is InChI=1S/C14H17F4N3O.ClH/c15-11-3-1-10(2-4-11)13(22)20-9-12(14(16,17)18)21-7-5-19-6-8-21;/h1-4,12,19H,5-9H2,(H,20,22);1H. The van der Waals surface area contributed by atoms with Crippen LogP contribution >= 0.6 is 12.4 Å². The van der Waals surface area contributed by atoms with Crippen molar-refractivity contribution in [2.75, 3.05) is 32.7 Å². The van der Waals surface area contributed by atoms with E-state index in [0.29, 0.717) is 13.1 Å². The van der Waals surface area contributed by atoms with Gasteiger partial charge in [0.1, 0.15) is 11.9 Å². The second-order valence-electron chi connectivity index (χ2n) is 5.06. The van der Waals surface area contributed by atoms with Crippen LogP contribution in [0.3, 0.4) is 0 Å². The lowest BCUT2D eigenvalue weighted by Gasteiger charge is -2.35. The van der Waals surface area contributed by atoms with Gasteiger partial charge in [-0.05, 0) is 24.3 Å². The van der Waals surface area contributed by atoms with Crippen molar-refractivity contribution >= 4 is 18.3 Å². The summed E-state index contributed by atoms with van der Waals surface area (Å²) in [5, 5.41) is 5.26. The molecule has 23 heavy (non-hydrogen) atoms. The number of nitrogens with zero attached hydrogens (tertiary/aromatic N) is 1. The molecular formula is C14H18ClF4N3O. The van der Waals surface area contributed by atoms with Gasteiger partial charge in [-0.2, -0.15) is 13.2 Å². The zero-order chi connectivity index (χ0) is 16.2. The average molecular weight is 356 g/mol. The van der Waals surface area contributed by atoms with Crippen molar-refractivity contribution in [2.45, 2.75) is 12.2 Å². The number of piperazine rings is 1. The Hall–Kier alpha value is -1.38. The minimum atomic E-state index is -4.42. The van der Waals surface area contributed by atoms with Gasteiger partial charge in [-0.1, -0.05) is 0 Å². The van der Waals surface area contributed by atoms with E-state index in [4.69, 9.17) is 0 Å². The van der Waals surface area contributed by atoms with Gasteiger partial charge in [-0.25, -0.2) is 4.39 Å². The van der Waals surface area contributed by atoms with Crippen molar-refractivity contribution in [2.24, 2.45) is 0 Å². The first-order chi connectivity index (χ1) is 10.4. The maximum Gasteiger partial charge on any atom is 0.405 e. The third-order valence-electron chi connectivity index (χ3n) is 3.53. The lowest BCUT2D eigenvalue weighted by Crippen LogP contribution is -2.57. The summed E-state index contributed by atoms with van der Waals surface area (Å²) in [4.78, 5) is 13.1. The smallest absolute Gasteiger partial charge is 0.350 e. The first kappa shape index (κ1) is 19.7. The predicted molar refractivity (Wildman–Crippen MR) is 80.3 cm³/mol. The summed E-state index contributed by atoms with van der Waals surface area (Å²) < 4.78 is 52.2. The molecule has 2 N–H and O–H groups in total. The maximum absolute atomic E-state index is 13.1. The summed E-state index contributed by atoms with van der Waals surface area (Å²) in [6, 6.07) is 2.92. The number of nitrogens with one attached hydrogen (secondary N) is 2. The summed E-state index contributed by atoms with van der Waals surface area (Å²) in [5.41, 5.74) is 0.127. The maximum atomic E-state index is 13.1. The molecule has 0 aromatic heterocycles. The van der Waals surface area contributed by atoms with E-state index in [9.17, 15) is 22.4 Å². The molecular weight excluding hydrogens is 338 g/mol. The van der Waals surface area contributed by atoms with Crippen LogP contribution in [-0.4, -0.2) is 55.7 Å². The Morgan fingerprint density at radius 3 is 2.30 bits per heavy atom. The van der Waals surface area contributed by atoms with Crippen LogP contribution in [0.4, 0.5) is 17.6 Å². The molecule has 1 saturated heterocycles. The Kier molecular flexibility index (Phi) is 7.24. The molecule has 0 bridgehead atoms. The number of hydrogen-bond acceptors (Lipinski definition) is 3. The number of carbonyl (C=O) groups excluding carboxylic acids is 1. The predicted octanol–water partition coefficient (Wildman–Crippen LogP) is 1.81. The van der Waals surface area contributed by atoms with Crippen molar-refractivity contribution in [3.63, 3.8) is 0 Å². The fraction of sp³-hybridized carbons (Fsp3) is 0.500. The Balaban J connectivity index is 0.00000264. The van der Waals surface area contributed by atoms with Crippen molar-refractivity contribution in [3.8, 4) is 0 Å². The molecule has 1 atom stereocenters. The molecule has 0 saturated carbocycles. The monoisotopic (exact) mass is 355 g/mol. The highest BCUT2D eigenvalue weighted by Crippen LogP contribution is 2.24. The molecule has 1 amide bonds. The number of benzene rings is 1. The lowest BCUT2D eigenvalue weighted by molar-refractivity contribution is -0.183. The van der Waals surface area contributed by atoms with Crippen LogP contribution in [-0.2, 0) is 0 Å². The minimum Gasteiger partial charge on any atom is -0.350 e. The van der Waals surface area contributed by atoms with Crippen LogP contribution in [0, 0.1) is 5.82 Å². The van der Waals surface area contributed by atoms with Gasteiger partial charge in [0.25, 0.3) is 5.91 Å². The largest absolute Gasteiger partial charge is 0.405 e. The van der Waals surface area contributed by atoms with E-state index in [1.165, 1.54) is 17.0 Å². The normalized spacial score (nSPS) is 17.2. The van der Waals surface area contributed by atoms with Gasteiger partial charge in [-0.3, -0.25) is 9.69 Å². The fourth-order valence-electron chi connectivity index (χ4n) is 2.34. The van der Waals surface area contributed by atoms with Crippen molar-refractivity contribution < 1.29 is 22.4 Å². The molecule has 1 unspecified atom stereocenters. The molecule has 9 heteroatoms. The summed E-state index contributed by atoms with van der Waals surface area (Å²) in [6.07, 6.45) is -4.42. The van der Waals surface area contributed by atoms with Gasteiger partial charge >= 0.3 is 6.18 Å². The van der Waals surface area contributed by atoms with E-state index in [1.807, 2.05) is 0 Å². The van der Waals surface area contributed by atoms with Crippen molar-refractivity contribution in [1.29, 1.82) is 0 Å². The minimum absolute atomic E-state index is 0. The number of rotatable bonds is 4. The second kappa shape index (κ2) is 8.47. The van der Waals surface area contributed by atoms with E-state index in [2.05, 4.69) is 10.6 Å².